The van der Waals surface area contributed by atoms with Crippen LogP contribution in [0, 0.1) is 11.8 Å². The number of hydrogen-bond donors (Lipinski definition) is 2. The number of aliphatic carboxylic acids is 1. The van der Waals surface area contributed by atoms with E-state index in [1.54, 1.807) is 0 Å². The van der Waals surface area contributed by atoms with Gasteiger partial charge in [-0.3, -0.25) is 4.79 Å². The second-order valence-corrected chi connectivity index (χ2v) is 4.34. The van der Waals surface area contributed by atoms with Crippen molar-refractivity contribution in [2.75, 3.05) is 6.54 Å². The van der Waals surface area contributed by atoms with Crippen molar-refractivity contribution < 1.29 is 9.90 Å². The van der Waals surface area contributed by atoms with Crippen LogP contribution in [0.4, 0.5) is 0 Å². The second kappa shape index (κ2) is 3.66. The Labute approximate surface area is 78.5 Å². The summed E-state index contributed by atoms with van der Waals surface area (Å²) in [5, 5.41) is 11.9. The molecule has 0 aromatic carbocycles. The fourth-order valence-electron chi connectivity index (χ4n) is 2.74. The quantitative estimate of drug-likeness (QED) is 0.677. The zero-order valence-electron chi connectivity index (χ0n) is 7.83. The molecule has 1 aliphatic carbocycles. The number of carboxylic acid groups (broad SMARTS) is 1. The van der Waals surface area contributed by atoms with Gasteiger partial charge >= 0.3 is 5.97 Å². The molecule has 2 atom stereocenters. The van der Waals surface area contributed by atoms with Crippen molar-refractivity contribution in [3.63, 3.8) is 0 Å². The van der Waals surface area contributed by atoms with Crippen LogP contribution in [0.15, 0.2) is 0 Å². The Bertz CT molecular complexity index is 199. The van der Waals surface area contributed by atoms with Gasteiger partial charge in [0.15, 0.2) is 0 Å². The maximum absolute atomic E-state index is 10.7. The van der Waals surface area contributed by atoms with Gasteiger partial charge in [-0.2, -0.15) is 0 Å². The van der Waals surface area contributed by atoms with E-state index in [0.29, 0.717) is 5.92 Å². The first-order valence-electron chi connectivity index (χ1n) is 5.23. The van der Waals surface area contributed by atoms with Gasteiger partial charge in [-0.25, -0.2) is 0 Å². The molecule has 1 saturated carbocycles. The molecule has 0 unspecified atom stereocenters. The third-order valence-corrected chi connectivity index (χ3v) is 3.53. The Hall–Kier alpha value is -0.570. The minimum Gasteiger partial charge on any atom is -0.480 e. The van der Waals surface area contributed by atoms with Crippen molar-refractivity contribution in [1.29, 1.82) is 0 Å². The highest BCUT2D eigenvalue weighted by molar-refractivity contribution is 5.73. The highest BCUT2D eigenvalue weighted by Gasteiger charge is 2.34. The van der Waals surface area contributed by atoms with E-state index in [-0.39, 0.29) is 6.04 Å². The summed E-state index contributed by atoms with van der Waals surface area (Å²) in [6, 6.07) is -0.273. The lowest BCUT2D eigenvalue weighted by molar-refractivity contribution is -0.139. The van der Waals surface area contributed by atoms with Gasteiger partial charge in [0.1, 0.15) is 6.04 Å². The fraction of sp³-hybridized carbons (Fsp3) is 0.900. The maximum Gasteiger partial charge on any atom is 0.320 e. The lowest BCUT2D eigenvalue weighted by Gasteiger charge is -2.15. The molecule has 3 heteroatoms. The van der Waals surface area contributed by atoms with Crippen LogP contribution in [-0.2, 0) is 4.79 Å². The summed E-state index contributed by atoms with van der Waals surface area (Å²) < 4.78 is 0. The number of hydrogen-bond acceptors (Lipinski definition) is 2. The van der Waals surface area contributed by atoms with Crippen molar-refractivity contribution in [2.24, 2.45) is 11.8 Å². The summed E-state index contributed by atoms with van der Waals surface area (Å²) >= 11 is 0. The van der Waals surface area contributed by atoms with Crippen molar-refractivity contribution in [1.82, 2.24) is 5.32 Å². The van der Waals surface area contributed by atoms with Crippen molar-refractivity contribution >= 4 is 5.97 Å². The number of carboxylic acids is 1. The Morgan fingerprint density at radius 1 is 1.23 bits per heavy atom. The van der Waals surface area contributed by atoms with E-state index in [9.17, 15) is 4.79 Å². The predicted octanol–water partition coefficient (Wildman–Crippen LogP) is 1.24. The van der Waals surface area contributed by atoms with E-state index in [1.165, 1.54) is 25.7 Å². The van der Waals surface area contributed by atoms with Crippen LogP contribution in [-0.4, -0.2) is 23.7 Å². The molecule has 0 amide bonds. The van der Waals surface area contributed by atoms with Crippen LogP contribution in [0.1, 0.15) is 32.1 Å². The first kappa shape index (κ1) is 9.00. The molecular weight excluding hydrogens is 166 g/mol. The summed E-state index contributed by atoms with van der Waals surface area (Å²) in [5.74, 6) is 0.751. The molecule has 0 bridgehead atoms. The smallest absolute Gasteiger partial charge is 0.320 e. The Morgan fingerprint density at radius 3 is 2.46 bits per heavy atom. The zero-order chi connectivity index (χ0) is 9.26. The Balaban J connectivity index is 1.86. The number of nitrogens with one attached hydrogen (secondary N) is 1. The molecule has 1 heterocycles. The SMILES string of the molecule is O=C(O)[C@@H]1C[C@@H](C2CCCC2)CN1. The van der Waals surface area contributed by atoms with Gasteiger partial charge in [-0.05, 0) is 24.8 Å². The minimum atomic E-state index is -0.680. The summed E-state index contributed by atoms with van der Waals surface area (Å²) in [5.41, 5.74) is 0. The van der Waals surface area contributed by atoms with Crippen LogP contribution < -0.4 is 5.32 Å². The normalized spacial score (nSPS) is 35.4. The standard InChI is InChI=1S/C10H17NO2/c12-10(13)9-5-8(6-11-9)7-3-1-2-4-7/h7-9,11H,1-6H2,(H,12,13)/t8-,9+/m1/s1. The maximum atomic E-state index is 10.7. The molecular formula is C10H17NO2. The molecule has 2 rings (SSSR count). The highest BCUT2D eigenvalue weighted by atomic mass is 16.4. The Kier molecular flexibility index (Phi) is 2.54. The van der Waals surface area contributed by atoms with E-state index in [2.05, 4.69) is 5.32 Å². The van der Waals surface area contributed by atoms with Crippen molar-refractivity contribution in [2.45, 2.75) is 38.1 Å². The molecule has 0 spiro atoms. The van der Waals surface area contributed by atoms with Gasteiger partial charge in [0.05, 0.1) is 0 Å². The van der Waals surface area contributed by atoms with Crippen LogP contribution in [0.2, 0.25) is 0 Å². The summed E-state index contributed by atoms with van der Waals surface area (Å²) in [6.07, 6.45) is 6.18. The second-order valence-electron chi connectivity index (χ2n) is 4.34. The number of rotatable bonds is 2. The monoisotopic (exact) mass is 183 g/mol. The minimum absolute atomic E-state index is 0.273. The molecule has 2 fully saturated rings. The first-order valence-corrected chi connectivity index (χ1v) is 5.23. The van der Waals surface area contributed by atoms with E-state index >= 15 is 0 Å². The lowest BCUT2D eigenvalue weighted by Crippen LogP contribution is -2.29. The average molecular weight is 183 g/mol. The summed E-state index contributed by atoms with van der Waals surface area (Å²) in [7, 11) is 0. The number of carbonyl (C=O) groups is 1. The Morgan fingerprint density at radius 2 is 1.92 bits per heavy atom. The molecule has 1 aliphatic heterocycles. The molecule has 0 aromatic heterocycles. The highest BCUT2D eigenvalue weighted by Crippen LogP contribution is 2.35. The van der Waals surface area contributed by atoms with E-state index in [4.69, 9.17) is 5.11 Å². The molecule has 2 N–H and O–H groups in total. The molecule has 3 nitrogen and oxygen atoms in total. The van der Waals surface area contributed by atoms with Crippen molar-refractivity contribution in [3.8, 4) is 0 Å². The van der Waals surface area contributed by atoms with Gasteiger partial charge < -0.3 is 10.4 Å². The third-order valence-electron chi connectivity index (χ3n) is 3.53. The molecule has 13 heavy (non-hydrogen) atoms. The largest absolute Gasteiger partial charge is 0.480 e. The van der Waals surface area contributed by atoms with Crippen LogP contribution in [0.3, 0.4) is 0 Å². The average Bonchev–Trinajstić information content (AvgIpc) is 2.75. The molecule has 0 aromatic rings. The molecule has 1 saturated heterocycles. The van der Waals surface area contributed by atoms with Crippen LogP contribution >= 0.6 is 0 Å². The molecule has 2 aliphatic rings. The van der Waals surface area contributed by atoms with E-state index < -0.39 is 5.97 Å². The van der Waals surface area contributed by atoms with Gasteiger partial charge in [0.2, 0.25) is 0 Å². The van der Waals surface area contributed by atoms with E-state index in [1.807, 2.05) is 0 Å². The predicted molar refractivity (Wildman–Crippen MR) is 49.5 cm³/mol. The van der Waals surface area contributed by atoms with E-state index in [0.717, 1.165) is 18.9 Å². The van der Waals surface area contributed by atoms with Gasteiger partial charge in [-0.1, -0.05) is 25.7 Å². The lowest BCUT2D eigenvalue weighted by atomic mass is 9.89. The fourth-order valence-corrected chi connectivity index (χ4v) is 2.74. The summed E-state index contributed by atoms with van der Waals surface area (Å²) in [4.78, 5) is 10.7. The molecule has 0 radical (unpaired) electrons. The van der Waals surface area contributed by atoms with Gasteiger partial charge in [0.25, 0.3) is 0 Å². The van der Waals surface area contributed by atoms with Gasteiger partial charge in [-0.15, -0.1) is 0 Å². The topological polar surface area (TPSA) is 49.3 Å². The van der Waals surface area contributed by atoms with Crippen LogP contribution in [0.25, 0.3) is 0 Å². The van der Waals surface area contributed by atoms with Crippen molar-refractivity contribution in [3.05, 3.63) is 0 Å². The zero-order valence-corrected chi connectivity index (χ0v) is 7.83. The summed E-state index contributed by atoms with van der Waals surface area (Å²) in [6.45, 7) is 0.918. The van der Waals surface area contributed by atoms with Gasteiger partial charge in [0, 0.05) is 0 Å². The third kappa shape index (κ3) is 1.85. The van der Waals surface area contributed by atoms with Crippen LogP contribution in [0.5, 0.6) is 0 Å². The first-order chi connectivity index (χ1) is 6.27. The molecule has 74 valence electrons.